The summed E-state index contributed by atoms with van der Waals surface area (Å²) < 4.78 is 29.5. The van der Waals surface area contributed by atoms with Crippen LogP contribution in [0.25, 0.3) is 11.1 Å². The Morgan fingerprint density at radius 3 is 1.73 bits per heavy atom. The Bertz CT molecular complexity index is 1270. The second-order valence-corrected chi connectivity index (χ2v) is 8.86. The molecular weight excluding hydrogens is 480 g/mol. The van der Waals surface area contributed by atoms with Crippen LogP contribution in [0.1, 0.15) is 48.8 Å². The summed E-state index contributed by atoms with van der Waals surface area (Å²) in [5, 5.41) is 41.3. The number of aromatic hydroxyl groups is 1. The Hall–Kier alpha value is -3.66. The maximum absolute atomic E-state index is 10.4. The molecule has 9 heteroatoms. The van der Waals surface area contributed by atoms with Gasteiger partial charge in [0.05, 0.1) is 40.1 Å². The molecule has 0 bridgehead atoms. The lowest BCUT2D eigenvalue weighted by Gasteiger charge is -2.33. The van der Waals surface area contributed by atoms with Gasteiger partial charge in [0.1, 0.15) is 0 Å². The third-order valence-corrected chi connectivity index (χ3v) is 6.41. The smallest absolute Gasteiger partial charge is 0.170 e. The molecule has 0 saturated heterocycles. The Kier molecular flexibility index (Phi) is 7.68. The molecule has 4 N–H and O–H groups in total. The quantitative estimate of drug-likeness (QED) is 0.371. The first-order chi connectivity index (χ1) is 17.7. The zero-order valence-corrected chi connectivity index (χ0v) is 21.4. The Labute approximate surface area is 215 Å². The minimum absolute atomic E-state index is 0.0456. The van der Waals surface area contributed by atoms with Gasteiger partial charge in [0, 0.05) is 16.7 Å². The third kappa shape index (κ3) is 4.98. The Morgan fingerprint density at radius 2 is 1.27 bits per heavy atom. The summed E-state index contributed by atoms with van der Waals surface area (Å²) in [5.74, 6) is 1.57. The number of ether oxygens (including phenoxy) is 5. The number of phenolic OH excluding ortho intramolecular Hbond substituents is 1. The summed E-state index contributed by atoms with van der Waals surface area (Å²) in [4.78, 5) is 0. The fourth-order valence-electron chi connectivity index (χ4n) is 4.38. The average molecular weight is 513 g/mol. The van der Waals surface area contributed by atoms with Gasteiger partial charge in [0.25, 0.3) is 0 Å². The number of rotatable bonds is 7. The Morgan fingerprint density at radius 1 is 0.757 bits per heavy atom. The summed E-state index contributed by atoms with van der Waals surface area (Å²) >= 11 is 0. The van der Waals surface area contributed by atoms with E-state index in [1.165, 1.54) is 27.4 Å². The van der Waals surface area contributed by atoms with Gasteiger partial charge in [-0.2, -0.15) is 0 Å². The lowest BCUT2D eigenvalue weighted by Crippen LogP contribution is -2.34. The zero-order valence-electron chi connectivity index (χ0n) is 21.4. The first-order valence-electron chi connectivity index (χ1n) is 11.8. The van der Waals surface area contributed by atoms with Crippen LogP contribution in [0, 0.1) is 0 Å². The Balaban J connectivity index is 2.04. The molecule has 0 radical (unpaired) electrons. The molecule has 1 aliphatic rings. The van der Waals surface area contributed by atoms with Crippen molar-refractivity contribution >= 4 is 0 Å². The minimum Gasteiger partial charge on any atom is -0.504 e. The van der Waals surface area contributed by atoms with E-state index < -0.39 is 31.0 Å². The van der Waals surface area contributed by atoms with Gasteiger partial charge in [-0.1, -0.05) is 6.07 Å². The number of aliphatic hydroxyl groups is 3. The number of hydrogen-bond donors (Lipinski definition) is 4. The van der Waals surface area contributed by atoms with E-state index in [1.54, 1.807) is 50.2 Å². The molecule has 198 valence electrons. The second-order valence-electron chi connectivity index (χ2n) is 8.86. The molecule has 0 aromatic heterocycles. The van der Waals surface area contributed by atoms with Crippen LogP contribution in [0.3, 0.4) is 0 Å². The van der Waals surface area contributed by atoms with Crippen LogP contribution in [0.4, 0.5) is 0 Å². The van der Waals surface area contributed by atoms with E-state index >= 15 is 0 Å². The lowest BCUT2D eigenvalue weighted by molar-refractivity contribution is 0.0107. The van der Waals surface area contributed by atoms with Crippen molar-refractivity contribution in [1.82, 2.24) is 0 Å². The summed E-state index contributed by atoms with van der Waals surface area (Å²) in [7, 11) is 4.43. The molecular formula is C28H32O9. The van der Waals surface area contributed by atoms with Gasteiger partial charge >= 0.3 is 0 Å². The highest BCUT2D eigenvalue weighted by Gasteiger charge is 2.35. The van der Waals surface area contributed by atoms with Crippen LogP contribution in [0.15, 0.2) is 42.5 Å². The molecule has 37 heavy (non-hydrogen) atoms. The molecule has 0 fully saturated rings. The summed E-state index contributed by atoms with van der Waals surface area (Å²) in [5.41, 5.74) is 2.80. The number of methoxy groups -OCH3 is 3. The molecule has 3 aromatic rings. The first-order valence-corrected chi connectivity index (χ1v) is 11.8. The van der Waals surface area contributed by atoms with Crippen molar-refractivity contribution in [2.24, 2.45) is 0 Å². The van der Waals surface area contributed by atoms with Crippen molar-refractivity contribution in [1.29, 1.82) is 0 Å². The highest BCUT2D eigenvalue weighted by Crippen LogP contribution is 2.51. The summed E-state index contributed by atoms with van der Waals surface area (Å²) in [6, 6.07) is 11.6. The fourth-order valence-corrected chi connectivity index (χ4v) is 4.38. The second kappa shape index (κ2) is 10.8. The predicted octanol–water partition coefficient (Wildman–Crippen LogP) is 4.07. The van der Waals surface area contributed by atoms with Gasteiger partial charge < -0.3 is 44.1 Å². The lowest BCUT2D eigenvalue weighted by atomic mass is 9.94. The third-order valence-electron chi connectivity index (χ3n) is 6.41. The summed E-state index contributed by atoms with van der Waals surface area (Å²) in [6.45, 7) is 2.86. The molecule has 0 saturated carbocycles. The monoisotopic (exact) mass is 512 g/mol. The molecule has 4 unspecified atom stereocenters. The van der Waals surface area contributed by atoms with Crippen LogP contribution in [0.2, 0.25) is 0 Å². The topological polar surface area (TPSA) is 127 Å². The van der Waals surface area contributed by atoms with Crippen molar-refractivity contribution in [2.45, 2.75) is 38.3 Å². The van der Waals surface area contributed by atoms with Crippen molar-refractivity contribution in [3.05, 3.63) is 59.2 Å². The minimum atomic E-state index is -0.909. The molecule has 1 heterocycles. The molecule has 4 atom stereocenters. The van der Waals surface area contributed by atoms with E-state index in [-0.39, 0.29) is 11.5 Å². The van der Waals surface area contributed by atoms with Crippen LogP contribution in [0.5, 0.6) is 34.5 Å². The van der Waals surface area contributed by atoms with Gasteiger partial charge in [-0.05, 0) is 61.4 Å². The van der Waals surface area contributed by atoms with Gasteiger partial charge in [0.2, 0.25) is 0 Å². The fraction of sp³-hybridized carbons (Fsp3) is 0.357. The zero-order chi connectivity index (χ0) is 26.9. The van der Waals surface area contributed by atoms with Crippen molar-refractivity contribution < 1.29 is 44.1 Å². The van der Waals surface area contributed by atoms with Crippen LogP contribution in [-0.4, -0.2) is 54.5 Å². The number of phenols is 1. The molecule has 0 aliphatic carbocycles. The van der Waals surface area contributed by atoms with E-state index in [1.807, 2.05) is 0 Å². The van der Waals surface area contributed by atoms with E-state index in [4.69, 9.17) is 23.7 Å². The molecule has 3 aromatic carbocycles. The van der Waals surface area contributed by atoms with Crippen molar-refractivity contribution in [2.75, 3.05) is 27.9 Å². The van der Waals surface area contributed by atoms with Crippen LogP contribution >= 0.6 is 0 Å². The van der Waals surface area contributed by atoms with E-state index in [2.05, 4.69) is 0 Å². The maximum atomic E-state index is 10.4. The van der Waals surface area contributed by atoms with E-state index in [9.17, 15) is 20.4 Å². The van der Waals surface area contributed by atoms with Crippen molar-refractivity contribution in [3.8, 4) is 45.6 Å². The highest BCUT2D eigenvalue weighted by molar-refractivity contribution is 5.82. The largest absolute Gasteiger partial charge is 0.504 e. The van der Waals surface area contributed by atoms with E-state index in [0.717, 1.165) is 0 Å². The van der Waals surface area contributed by atoms with Gasteiger partial charge in [-0.3, -0.25) is 0 Å². The van der Waals surface area contributed by atoms with Crippen LogP contribution < -0.4 is 23.7 Å². The number of benzene rings is 3. The highest BCUT2D eigenvalue weighted by atomic mass is 16.6. The first kappa shape index (κ1) is 26.4. The summed E-state index contributed by atoms with van der Waals surface area (Å²) in [6.07, 6.45) is -3.38. The van der Waals surface area contributed by atoms with Gasteiger partial charge in [-0.25, -0.2) is 0 Å². The number of fused-ring (bicyclic) bond motifs is 3. The van der Waals surface area contributed by atoms with Crippen LogP contribution in [-0.2, 0) is 0 Å². The molecule has 0 amide bonds. The SMILES string of the molecule is COc1cc(C2Oc3c(OC)cc(C(C)O)cc3-c3cc(C(C)O)cc(OC)c3OC2CO)ccc1O. The molecule has 0 spiro atoms. The predicted molar refractivity (Wildman–Crippen MR) is 136 cm³/mol. The molecule has 9 nitrogen and oxygen atoms in total. The van der Waals surface area contributed by atoms with Gasteiger partial charge in [0.15, 0.2) is 46.7 Å². The van der Waals surface area contributed by atoms with E-state index in [0.29, 0.717) is 50.8 Å². The maximum Gasteiger partial charge on any atom is 0.170 e. The molecule has 1 aliphatic heterocycles. The number of aliphatic hydroxyl groups excluding tert-OH is 3. The molecule has 4 rings (SSSR count). The average Bonchev–Trinajstić information content (AvgIpc) is 2.89. The van der Waals surface area contributed by atoms with Gasteiger partial charge in [-0.15, -0.1) is 0 Å². The number of hydrogen-bond acceptors (Lipinski definition) is 9. The normalized spacial score (nSPS) is 18.2. The van der Waals surface area contributed by atoms with Crippen molar-refractivity contribution in [3.63, 3.8) is 0 Å². The standard InChI is InChI=1S/C28H32O9/c1-14(30)17-8-19-20-9-18(15(2)31)12-24(35-5)28(20)37-26(16-6-7-21(32)22(10-16)33-3)25(13-29)36-27(19)23(11-17)34-4/h6-12,14-15,25-26,29-32H,13H2,1-5H3.